The minimum atomic E-state index is -0.702. The van der Waals surface area contributed by atoms with Crippen LogP contribution >= 0.6 is 23.1 Å². The zero-order chi connectivity index (χ0) is 18.8. The standard InChI is InChI=1S/C18H15FN4O2S2/c19-12-6-2-1-4-10(12)16(25)23-22-14(24)8-26-17-15-11-5-3-7-13(11)27-18(15)21-9-20-17/h1-2,4,6,9H,3,5,7-8H2,(H,22,24)(H,23,25). The Hall–Kier alpha value is -2.52. The predicted molar refractivity (Wildman–Crippen MR) is 102 cm³/mol. The first-order valence-corrected chi connectivity index (χ1v) is 10.2. The van der Waals surface area contributed by atoms with Crippen molar-refractivity contribution >= 4 is 45.1 Å². The van der Waals surface area contributed by atoms with Crippen molar-refractivity contribution in [3.63, 3.8) is 0 Å². The molecule has 0 saturated carbocycles. The zero-order valence-corrected chi connectivity index (χ0v) is 15.8. The van der Waals surface area contributed by atoms with Crippen molar-refractivity contribution < 1.29 is 14.0 Å². The number of carbonyl (C=O) groups excluding carboxylic acids is 2. The summed E-state index contributed by atoms with van der Waals surface area (Å²) in [6.45, 7) is 0. The van der Waals surface area contributed by atoms with E-state index < -0.39 is 17.6 Å². The molecular weight excluding hydrogens is 387 g/mol. The molecule has 2 amide bonds. The van der Waals surface area contributed by atoms with E-state index in [0.29, 0.717) is 0 Å². The van der Waals surface area contributed by atoms with Crippen LogP contribution in [0.5, 0.6) is 0 Å². The Morgan fingerprint density at radius 1 is 1.19 bits per heavy atom. The third-order valence-electron chi connectivity index (χ3n) is 4.24. The molecule has 0 spiro atoms. The van der Waals surface area contributed by atoms with Gasteiger partial charge in [0.15, 0.2) is 0 Å². The van der Waals surface area contributed by atoms with Crippen LogP contribution in [0.25, 0.3) is 10.2 Å². The van der Waals surface area contributed by atoms with Gasteiger partial charge < -0.3 is 0 Å². The quantitative estimate of drug-likeness (QED) is 0.398. The lowest BCUT2D eigenvalue weighted by atomic mass is 10.2. The summed E-state index contributed by atoms with van der Waals surface area (Å²) in [6.07, 6.45) is 4.73. The Morgan fingerprint density at radius 2 is 2.04 bits per heavy atom. The summed E-state index contributed by atoms with van der Waals surface area (Å²) < 4.78 is 13.6. The number of hydrazine groups is 1. The number of amides is 2. The number of benzene rings is 1. The first-order chi connectivity index (χ1) is 13.1. The molecule has 3 aromatic rings. The highest BCUT2D eigenvalue weighted by molar-refractivity contribution is 8.00. The number of halogens is 1. The van der Waals surface area contributed by atoms with Gasteiger partial charge in [-0.2, -0.15) is 0 Å². The van der Waals surface area contributed by atoms with Crippen molar-refractivity contribution in [2.24, 2.45) is 0 Å². The van der Waals surface area contributed by atoms with Crippen molar-refractivity contribution in [2.75, 3.05) is 5.75 Å². The van der Waals surface area contributed by atoms with Crippen molar-refractivity contribution in [1.29, 1.82) is 0 Å². The third-order valence-corrected chi connectivity index (χ3v) is 6.43. The lowest BCUT2D eigenvalue weighted by Crippen LogP contribution is -2.42. The van der Waals surface area contributed by atoms with Gasteiger partial charge in [-0.05, 0) is 37.0 Å². The van der Waals surface area contributed by atoms with E-state index >= 15 is 0 Å². The van der Waals surface area contributed by atoms with Crippen LogP contribution in [0.15, 0.2) is 35.6 Å². The normalized spacial score (nSPS) is 12.8. The first-order valence-electron chi connectivity index (χ1n) is 8.35. The lowest BCUT2D eigenvalue weighted by Gasteiger charge is -2.08. The Bertz CT molecular complexity index is 1040. The SMILES string of the molecule is O=C(CSc1ncnc2sc3c(c12)CCC3)NNC(=O)c1ccccc1F. The van der Waals surface area contributed by atoms with Crippen LogP contribution in [0.2, 0.25) is 0 Å². The van der Waals surface area contributed by atoms with Crippen LogP contribution in [0, 0.1) is 5.82 Å². The molecule has 2 N–H and O–H groups in total. The van der Waals surface area contributed by atoms with E-state index in [1.54, 1.807) is 17.4 Å². The molecule has 0 aliphatic heterocycles. The molecule has 27 heavy (non-hydrogen) atoms. The van der Waals surface area contributed by atoms with Crippen LogP contribution in [0.4, 0.5) is 4.39 Å². The number of rotatable bonds is 4. The molecule has 138 valence electrons. The fourth-order valence-electron chi connectivity index (χ4n) is 3.02. The van der Waals surface area contributed by atoms with E-state index in [4.69, 9.17) is 0 Å². The van der Waals surface area contributed by atoms with Gasteiger partial charge in [-0.25, -0.2) is 14.4 Å². The summed E-state index contributed by atoms with van der Waals surface area (Å²) in [7, 11) is 0. The Kier molecular flexibility index (Phi) is 5.04. The number of hydrogen-bond acceptors (Lipinski definition) is 6. The lowest BCUT2D eigenvalue weighted by molar-refractivity contribution is -0.119. The fourth-order valence-corrected chi connectivity index (χ4v) is 5.14. The molecule has 0 saturated heterocycles. The van der Waals surface area contributed by atoms with Crippen LogP contribution in [0.1, 0.15) is 27.2 Å². The molecule has 9 heteroatoms. The molecule has 0 bridgehead atoms. The van der Waals surface area contributed by atoms with E-state index in [1.807, 2.05) is 0 Å². The summed E-state index contributed by atoms with van der Waals surface area (Å²) >= 11 is 2.99. The van der Waals surface area contributed by atoms with Crippen molar-refractivity contribution in [2.45, 2.75) is 24.3 Å². The van der Waals surface area contributed by atoms with E-state index in [-0.39, 0.29) is 11.3 Å². The van der Waals surface area contributed by atoms with Gasteiger partial charge in [0, 0.05) is 10.3 Å². The third kappa shape index (κ3) is 3.65. The van der Waals surface area contributed by atoms with Crippen LogP contribution in [-0.2, 0) is 17.6 Å². The second-order valence-electron chi connectivity index (χ2n) is 5.99. The van der Waals surface area contributed by atoms with Crippen molar-refractivity contribution in [3.8, 4) is 0 Å². The maximum absolute atomic E-state index is 13.6. The smallest absolute Gasteiger partial charge is 0.272 e. The largest absolute Gasteiger partial charge is 0.272 e. The van der Waals surface area contributed by atoms with Crippen LogP contribution in [-0.4, -0.2) is 27.5 Å². The Morgan fingerprint density at radius 3 is 2.89 bits per heavy atom. The monoisotopic (exact) mass is 402 g/mol. The topological polar surface area (TPSA) is 84.0 Å². The minimum absolute atomic E-state index is 0.0777. The number of nitrogens with zero attached hydrogens (tertiary/aromatic N) is 2. The molecular formula is C18H15FN4O2S2. The van der Waals surface area contributed by atoms with Crippen molar-refractivity contribution in [3.05, 3.63) is 52.4 Å². The molecule has 1 aliphatic carbocycles. The van der Waals surface area contributed by atoms with E-state index in [1.165, 1.54) is 46.7 Å². The van der Waals surface area contributed by atoms with E-state index in [2.05, 4.69) is 20.8 Å². The van der Waals surface area contributed by atoms with Crippen LogP contribution < -0.4 is 10.9 Å². The average molecular weight is 402 g/mol. The molecule has 0 fully saturated rings. The summed E-state index contributed by atoms with van der Waals surface area (Å²) in [5.74, 6) is -1.67. The molecule has 0 atom stereocenters. The van der Waals surface area contributed by atoms with Gasteiger partial charge >= 0.3 is 0 Å². The second-order valence-corrected chi connectivity index (χ2v) is 8.03. The summed E-state index contributed by atoms with van der Waals surface area (Å²) in [5, 5.41) is 1.82. The van der Waals surface area contributed by atoms with Gasteiger partial charge in [-0.15, -0.1) is 11.3 Å². The molecule has 0 unspecified atom stereocenters. The van der Waals surface area contributed by atoms with Gasteiger partial charge in [0.2, 0.25) is 5.91 Å². The van der Waals surface area contributed by atoms with E-state index in [9.17, 15) is 14.0 Å². The number of aryl methyl sites for hydroxylation is 2. The van der Waals surface area contributed by atoms with Gasteiger partial charge in [-0.1, -0.05) is 23.9 Å². The molecule has 2 aromatic heterocycles. The predicted octanol–water partition coefficient (Wildman–Crippen LogP) is 2.87. The minimum Gasteiger partial charge on any atom is -0.272 e. The van der Waals surface area contributed by atoms with Gasteiger partial charge in [0.25, 0.3) is 5.91 Å². The highest BCUT2D eigenvalue weighted by Crippen LogP contribution is 2.39. The summed E-state index contributed by atoms with van der Waals surface area (Å²) in [4.78, 5) is 34.9. The maximum Gasteiger partial charge on any atom is 0.272 e. The molecule has 1 aliphatic rings. The van der Waals surface area contributed by atoms with E-state index in [0.717, 1.165) is 34.5 Å². The number of thioether (sulfide) groups is 1. The molecule has 1 aromatic carbocycles. The summed E-state index contributed by atoms with van der Waals surface area (Å²) in [6, 6.07) is 5.58. The maximum atomic E-state index is 13.6. The Labute approximate surface area is 162 Å². The number of hydrogen-bond donors (Lipinski definition) is 2. The van der Waals surface area contributed by atoms with Gasteiger partial charge in [0.1, 0.15) is 22.0 Å². The van der Waals surface area contributed by atoms with Crippen LogP contribution in [0.3, 0.4) is 0 Å². The molecule has 2 heterocycles. The number of nitrogens with one attached hydrogen (secondary N) is 2. The number of fused-ring (bicyclic) bond motifs is 3. The Balaban J connectivity index is 1.38. The van der Waals surface area contributed by atoms with Gasteiger partial charge in [0.05, 0.1) is 11.3 Å². The first kappa shape index (κ1) is 17.9. The molecule has 0 radical (unpaired) electrons. The highest BCUT2D eigenvalue weighted by atomic mass is 32.2. The number of thiophene rings is 1. The average Bonchev–Trinajstić information content (AvgIpc) is 3.25. The fraction of sp³-hybridized carbons (Fsp3) is 0.222. The van der Waals surface area contributed by atoms with Crippen molar-refractivity contribution in [1.82, 2.24) is 20.8 Å². The highest BCUT2D eigenvalue weighted by Gasteiger charge is 2.21. The molecule has 6 nitrogen and oxygen atoms in total. The number of carbonyl (C=O) groups is 2. The molecule has 4 rings (SSSR count). The summed E-state index contributed by atoms with van der Waals surface area (Å²) in [5.41, 5.74) is 5.70. The van der Waals surface area contributed by atoms with Gasteiger partial charge in [-0.3, -0.25) is 20.4 Å². The number of aromatic nitrogens is 2. The second kappa shape index (κ2) is 7.61. The zero-order valence-electron chi connectivity index (χ0n) is 14.1.